The highest BCUT2D eigenvalue weighted by molar-refractivity contribution is 8.04. The Morgan fingerprint density at radius 3 is 2.82 bits per heavy atom. The van der Waals surface area contributed by atoms with Gasteiger partial charge in [0.25, 0.3) is 0 Å². The van der Waals surface area contributed by atoms with Crippen molar-refractivity contribution in [2.45, 2.75) is 18.2 Å². The fourth-order valence-electron chi connectivity index (χ4n) is 2.17. The van der Waals surface area contributed by atoms with E-state index in [9.17, 15) is 9.59 Å². The third kappa shape index (κ3) is 2.01. The van der Waals surface area contributed by atoms with Crippen molar-refractivity contribution in [1.82, 2.24) is 4.90 Å². The van der Waals surface area contributed by atoms with Gasteiger partial charge in [0.05, 0.1) is 11.3 Å². The monoisotopic (exact) mass is 274 g/mol. The third-order valence-corrected chi connectivity index (χ3v) is 4.61. The summed E-state index contributed by atoms with van der Waals surface area (Å²) in [7, 11) is 0. The summed E-state index contributed by atoms with van der Waals surface area (Å²) < 4.78 is 0. The van der Waals surface area contributed by atoms with Crippen LogP contribution in [0.2, 0.25) is 0 Å². The second-order valence-electron chi connectivity index (χ2n) is 3.95. The summed E-state index contributed by atoms with van der Waals surface area (Å²) in [5.74, 6) is -0.288. The van der Waals surface area contributed by atoms with Gasteiger partial charge in [-0.3, -0.25) is 14.5 Å². The summed E-state index contributed by atoms with van der Waals surface area (Å²) >= 11 is 5.30. The van der Waals surface area contributed by atoms with Gasteiger partial charge in [0.2, 0.25) is 11.0 Å². The number of aliphatic hydroxyl groups excluding tert-OH is 1. The molecule has 1 amide bonds. The number of hydrogen-bond acceptors (Lipinski definition) is 5. The lowest BCUT2D eigenvalue weighted by Gasteiger charge is -2.42. The predicted molar refractivity (Wildman–Crippen MR) is 68.1 cm³/mol. The van der Waals surface area contributed by atoms with Crippen molar-refractivity contribution in [3.8, 4) is 0 Å². The first kappa shape index (κ1) is 12.9. The van der Waals surface area contributed by atoms with Gasteiger partial charge in [0.15, 0.2) is 0 Å². The fraction of sp³-hybridized carbons (Fsp3) is 0.600. The van der Waals surface area contributed by atoms with Gasteiger partial charge in [-0.1, -0.05) is 12.6 Å². The summed E-state index contributed by atoms with van der Waals surface area (Å²) in [5.41, 5.74) is 5.87. The van der Waals surface area contributed by atoms with E-state index in [-0.39, 0.29) is 28.9 Å². The molecule has 1 unspecified atom stereocenters. The SMILES string of the molecule is NCCC1=C(C(=O)S)N2C(=O)C(CCO)[C@H]2S1. The van der Waals surface area contributed by atoms with Crippen LogP contribution in [0.15, 0.2) is 10.6 Å². The Labute approximate surface area is 109 Å². The summed E-state index contributed by atoms with van der Waals surface area (Å²) in [4.78, 5) is 25.6. The molecule has 1 fully saturated rings. The normalized spacial score (nSPS) is 27.2. The van der Waals surface area contributed by atoms with Crippen LogP contribution in [-0.2, 0) is 9.59 Å². The molecular weight excluding hydrogens is 260 g/mol. The summed E-state index contributed by atoms with van der Waals surface area (Å²) in [6.45, 7) is 0.421. The van der Waals surface area contributed by atoms with Gasteiger partial charge in [-0.05, 0) is 19.4 Å². The van der Waals surface area contributed by atoms with Gasteiger partial charge in [-0.2, -0.15) is 0 Å². The van der Waals surface area contributed by atoms with Crippen molar-refractivity contribution in [3.05, 3.63) is 10.6 Å². The molecule has 5 nitrogen and oxygen atoms in total. The van der Waals surface area contributed by atoms with Crippen molar-refractivity contribution in [2.75, 3.05) is 13.2 Å². The number of thioether (sulfide) groups is 1. The summed E-state index contributed by atoms with van der Waals surface area (Å²) in [5, 5.41) is 8.45. The second kappa shape index (κ2) is 5.01. The highest BCUT2D eigenvalue weighted by Gasteiger charge is 2.54. The molecule has 0 radical (unpaired) electrons. The topological polar surface area (TPSA) is 83.6 Å². The number of hydrogen-bond donors (Lipinski definition) is 3. The molecule has 0 aliphatic carbocycles. The number of aliphatic hydroxyl groups is 1. The Balaban J connectivity index is 2.20. The van der Waals surface area contributed by atoms with Crippen molar-refractivity contribution in [3.63, 3.8) is 0 Å². The minimum atomic E-state index is -0.390. The van der Waals surface area contributed by atoms with E-state index in [1.807, 2.05) is 0 Å². The van der Waals surface area contributed by atoms with E-state index in [0.717, 1.165) is 4.91 Å². The number of thiol groups is 1. The van der Waals surface area contributed by atoms with Gasteiger partial charge in [-0.25, -0.2) is 0 Å². The highest BCUT2D eigenvalue weighted by atomic mass is 32.2. The first-order chi connectivity index (χ1) is 8.11. The molecule has 0 saturated carbocycles. The minimum Gasteiger partial charge on any atom is -0.396 e. The van der Waals surface area contributed by atoms with Gasteiger partial charge < -0.3 is 10.8 Å². The van der Waals surface area contributed by atoms with Gasteiger partial charge in [0.1, 0.15) is 5.70 Å². The maximum Gasteiger partial charge on any atom is 0.234 e. The molecule has 2 rings (SSSR count). The standard InChI is InChI=1S/C10H14N2O3S2/c11-3-1-6-7(10(15)16)12-8(14)5(2-4-13)9(12)17-6/h5,9,13H,1-4,11H2,(H,15,16)/t5?,9-/m1/s1. The van der Waals surface area contributed by atoms with Crippen molar-refractivity contribution in [1.29, 1.82) is 0 Å². The predicted octanol–water partition coefficient (Wildman–Crippen LogP) is -0.0831. The zero-order valence-electron chi connectivity index (χ0n) is 9.13. The number of nitrogens with two attached hydrogens (primary N) is 1. The lowest BCUT2D eigenvalue weighted by Crippen LogP contribution is -2.57. The Morgan fingerprint density at radius 1 is 1.59 bits per heavy atom. The lowest BCUT2D eigenvalue weighted by molar-refractivity contribution is -0.148. The van der Waals surface area contributed by atoms with Crippen LogP contribution in [0, 0.1) is 5.92 Å². The second-order valence-corrected chi connectivity index (χ2v) is 5.57. The lowest BCUT2D eigenvalue weighted by atomic mass is 9.94. The fourth-order valence-corrected chi connectivity index (χ4v) is 4.05. The first-order valence-corrected chi connectivity index (χ1v) is 6.71. The number of carbonyl (C=O) groups is 2. The zero-order chi connectivity index (χ0) is 12.6. The quantitative estimate of drug-likeness (QED) is 0.482. The molecule has 7 heteroatoms. The Bertz CT molecular complexity index is 397. The Kier molecular flexibility index (Phi) is 3.82. The highest BCUT2D eigenvalue weighted by Crippen LogP contribution is 2.51. The summed E-state index contributed by atoms with van der Waals surface area (Å²) in [6.07, 6.45) is 1.02. The molecule has 0 aromatic rings. The molecule has 2 aliphatic heterocycles. The van der Waals surface area contributed by atoms with Gasteiger partial charge in [-0.15, -0.1) is 11.8 Å². The van der Waals surface area contributed by atoms with E-state index in [2.05, 4.69) is 12.6 Å². The minimum absolute atomic E-state index is 0.0162. The Morgan fingerprint density at radius 2 is 2.29 bits per heavy atom. The van der Waals surface area contributed by atoms with E-state index in [1.54, 1.807) is 0 Å². The molecule has 0 bridgehead atoms. The maximum absolute atomic E-state index is 11.8. The van der Waals surface area contributed by atoms with Crippen molar-refractivity contribution >= 4 is 35.4 Å². The number of rotatable bonds is 5. The van der Waals surface area contributed by atoms with Crippen LogP contribution in [0.5, 0.6) is 0 Å². The van der Waals surface area contributed by atoms with Crippen LogP contribution in [0.3, 0.4) is 0 Å². The molecule has 2 aliphatic rings. The number of β-lactam (4-membered cyclic amide) rings is 1. The maximum atomic E-state index is 11.8. The average molecular weight is 274 g/mol. The number of amides is 1. The average Bonchev–Trinajstić information content (AvgIpc) is 2.62. The van der Waals surface area contributed by atoms with Crippen LogP contribution in [0.4, 0.5) is 0 Å². The largest absolute Gasteiger partial charge is 0.396 e. The van der Waals surface area contributed by atoms with Crippen LogP contribution < -0.4 is 5.73 Å². The molecule has 2 heterocycles. The van der Waals surface area contributed by atoms with Crippen molar-refractivity contribution in [2.24, 2.45) is 11.7 Å². The van der Waals surface area contributed by atoms with E-state index in [0.29, 0.717) is 25.1 Å². The van der Waals surface area contributed by atoms with Gasteiger partial charge in [0, 0.05) is 11.5 Å². The van der Waals surface area contributed by atoms with Crippen LogP contribution >= 0.6 is 24.4 Å². The molecule has 0 spiro atoms. The zero-order valence-corrected chi connectivity index (χ0v) is 10.8. The Hall–Kier alpha value is -0.500. The smallest absolute Gasteiger partial charge is 0.234 e. The van der Waals surface area contributed by atoms with E-state index >= 15 is 0 Å². The van der Waals surface area contributed by atoms with Crippen molar-refractivity contribution < 1.29 is 14.7 Å². The van der Waals surface area contributed by atoms with E-state index in [1.165, 1.54) is 16.7 Å². The van der Waals surface area contributed by atoms with Gasteiger partial charge >= 0.3 is 0 Å². The first-order valence-electron chi connectivity index (χ1n) is 5.39. The molecule has 1 saturated heterocycles. The van der Waals surface area contributed by atoms with E-state index in [4.69, 9.17) is 10.8 Å². The molecule has 17 heavy (non-hydrogen) atoms. The molecule has 3 N–H and O–H groups in total. The third-order valence-electron chi connectivity index (χ3n) is 2.94. The number of carbonyl (C=O) groups excluding carboxylic acids is 2. The molecular formula is C10H14N2O3S2. The molecule has 2 atom stereocenters. The van der Waals surface area contributed by atoms with Crippen LogP contribution in [-0.4, -0.2) is 39.6 Å². The number of nitrogens with zero attached hydrogens (tertiary/aromatic N) is 1. The van der Waals surface area contributed by atoms with E-state index < -0.39 is 0 Å². The molecule has 0 aromatic carbocycles. The van der Waals surface area contributed by atoms with Crippen LogP contribution in [0.25, 0.3) is 0 Å². The molecule has 0 aromatic heterocycles. The molecule has 94 valence electrons. The summed E-state index contributed by atoms with van der Waals surface area (Å²) in [6, 6.07) is 0. The number of fused-ring (bicyclic) bond motifs is 1. The van der Waals surface area contributed by atoms with Crippen LogP contribution in [0.1, 0.15) is 12.8 Å².